The molecule has 0 atom stereocenters. The van der Waals surface area contributed by atoms with Gasteiger partial charge in [-0.2, -0.15) is 0 Å². The van der Waals surface area contributed by atoms with Crippen LogP contribution in [0.4, 0.5) is 0 Å². The van der Waals surface area contributed by atoms with E-state index in [0.717, 1.165) is 6.29 Å². The maximum absolute atomic E-state index is 10.3. The molecule has 3 heteroatoms. The molecule has 1 aromatic heterocycles. The molecule has 0 fully saturated rings. The van der Waals surface area contributed by atoms with E-state index in [1.165, 1.54) is 0 Å². The standard InChI is InChI=1S/C7H8N2O/c8-4-7-6(5-10)2-1-3-9-7/h1-3,5H,4,8H2. The summed E-state index contributed by atoms with van der Waals surface area (Å²) in [5, 5.41) is 0. The van der Waals surface area contributed by atoms with Crippen LogP contribution in [0.1, 0.15) is 16.1 Å². The molecular formula is C7H8N2O. The van der Waals surface area contributed by atoms with Crippen molar-refractivity contribution >= 4 is 6.29 Å². The SMILES string of the molecule is NCc1ncccc1C=O. The quantitative estimate of drug-likeness (QED) is 0.597. The second-order valence-corrected chi connectivity index (χ2v) is 1.86. The van der Waals surface area contributed by atoms with E-state index in [2.05, 4.69) is 4.98 Å². The normalized spacial score (nSPS) is 9.30. The van der Waals surface area contributed by atoms with Gasteiger partial charge in [-0.15, -0.1) is 0 Å². The van der Waals surface area contributed by atoms with E-state index in [0.29, 0.717) is 17.8 Å². The summed E-state index contributed by atoms with van der Waals surface area (Å²) in [6.45, 7) is 0.314. The molecule has 0 radical (unpaired) electrons. The van der Waals surface area contributed by atoms with Gasteiger partial charge in [-0.05, 0) is 12.1 Å². The van der Waals surface area contributed by atoms with Gasteiger partial charge in [0.1, 0.15) is 0 Å². The molecule has 0 aliphatic rings. The zero-order chi connectivity index (χ0) is 7.40. The molecule has 0 aromatic carbocycles. The first kappa shape index (κ1) is 6.89. The fourth-order valence-electron chi connectivity index (χ4n) is 0.728. The number of carbonyl (C=O) groups is 1. The predicted octanol–water partition coefficient (Wildman–Crippen LogP) is 0.353. The third-order valence-corrected chi connectivity index (χ3v) is 1.25. The molecule has 0 saturated heterocycles. The van der Waals surface area contributed by atoms with E-state index in [4.69, 9.17) is 5.73 Å². The number of nitrogens with two attached hydrogens (primary N) is 1. The highest BCUT2D eigenvalue weighted by Gasteiger charge is 1.96. The van der Waals surface area contributed by atoms with E-state index in [9.17, 15) is 4.79 Å². The molecule has 1 aromatic rings. The molecule has 2 N–H and O–H groups in total. The van der Waals surface area contributed by atoms with Gasteiger partial charge in [-0.1, -0.05) is 0 Å². The van der Waals surface area contributed by atoms with Crippen molar-refractivity contribution in [2.75, 3.05) is 0 Å². The number of pyridine rings is 1. The lowest BCUT2D eigenvalue weighted by molar-refractivity contribution is 0.112. The lowest BCUT2D eigenvalue weighted by atomic mass is 10.2. The zero-order valence-corrected chi connectivity index (χ0v) is 5.45. The number of nitrogens with zero attached hydrogens (tertiary/aromatic N) is 1. The average molecular weight is 136 g/mol. The summed E-state index contributed by atoms with van der Waals surface area (Å²) in [6.07, 6.45) is 2.38. The predicted molar refractivity (Wildman–Crippen MR) is 37.5 cm³/mol. The van der Waals surface area contributed by atoms with Crippen molar-refractivity contribution in [3.63, 3.8) is 0 Å². The van der Waals surface area contributed by atoms with Crippen molar-refractivity contribution in [2.24, 2.45) is 5.73 Å². The molecule has 3 nitrogen and oxygen atoms in total. The van der Waals surface area contributed by atoms with Crippen LogP contribution in [0, 0.1) is 0 Å². The first-order valence-corrected chi connectivity index (χ1v) is 2.97. The molecule has 0 spiro atoms. The lowest BCUT2D eigenvalue weighted by Gasteiger charge is -1.96. The summed E-state index contributed by atoms with van der Waals surface area (Å²) in [7, 11) is 0. The highest BCUT2D eigenvalue weighted by molar-refractivity contribution is 5.76. The van der Waals surface area contributed by atoms with Gasteiger partial charge in [0.15, 0.2) is 6.29 Å². The van der Waals surface area contributed by atoms with Crippen molar-refractivity contribution in [1.29, 1.82) is 0 Å². The van der Waals surface area contributed by atoms with E-state index >= 15 is 0 Å². The second kappa shape index (κ2) is 3.08. The van der Waals surface area contributed by atoms with Crippen molar-refractivity contribution in [1.82, 2.24) is 4.98 Å². The Morgan fingerprint density at radius 2 is 2.50 bits per heavy atom. The second-order valence-electron chi connectivity index (χ2n) is 1.86. The van der Waals surface area contributed by atoms with Gasteiger partial charge < -0.3 is 5.73 Å². The van der Waals surface area contributed by atoms with Gasteiger partial charge in [-0.25, -0.2) is 0 Å². The molecule has 10 heavy (non-hydrogen) atoms. The minimum atomic E-state index is 0.314. The maximum atomic E-state index is 10.3. The Morgan fingerprint density at radius 1 is 1.70 bits per heavy atom. The summed E-state index contributed by atoms with van der Waals surface area (Å²) in [5.41, 5.74) is 6.53. The fourth-order valence-corrected chi connectivity index (χ4v) is 0.728. The van der Waals surface area contributed by atoms with E-state index in [-0.39, 0.29) is 0 Å². The van der Waals surface area contributed by atoms with Crippen LogP contribution in [-0.4, -0.2) is 11.3 Å². The van der Waals surface area contributed by atoms with Crippen molar-refractivity contribution in [3.8, 4) is 0 Å². The van der Waals surface area contributed by atoms with Crippen LogP contribution in [0.3, 0.4) is 0 Å². The summed E-state index contributed by atoms with van der Waals surface area (Å²) < 4.78 is 0. The van der Waals surface area contributed by atoms with Gasteiger partial charge in [0.2, 0.25) is 0 Å². The van der Waals surface area contributed by atoms with Crippen LogP contribution >= 0.6 is 0 Å². The molecular weight excluding hydrogens is 128 g/mol. The molecule has 0 bridgehead atoms. The van der Waals surface area contributed by atoms with Crippen LogP contribution in [0.5, 0.6) is 0 Å². The average Bonchev–Trinajstić information content (AvgIpc) is 2.04. The number of carbonyl (C=O) groups excluding carboxylic acids is 1. The maximum Gasteiger partial charge on any atom is 0.151 e. The zero-order valence-electron chi connectivity index (χ0n) is 5.45. The van der Waals surface area contributed by atoms with Gasteiger partial charge in [-0.3, -0.25) is 9.78 Å². The Kier molecular flexibility index (Phi) is 2.12. The number of aromatic nitrogens is 1. The van der Waals surface area contributed by atoms with Crippen molar-refractivity contribution < 1.29 is 4.79 Å². The Labute approximate surface area is 58.9 Å². The molecule has 0 amide bonds. The van der Waals surface area contributed by atoms with Crippen LogP contribution in [-0.2, 0) is 6.54 Å². The van der Waals surface area contributed by atoms with Gasteiger partial charge >= 0.3 is 0 Å². The number of aldehydes is 1. The highest BCUT2D eigenvalue weighted by Crippen LogP contribution is 1.99. The van der Waals surface area contributed by atoms with E-state index < -0.39 is 0 Å². The Hall–Kier alpha value is -1.22. The number of hydrogen-bond acceptors (Lipinski definition) is 3. The van der Waals surface area contributed by atoms with Crippen LogP contribution in [0.2, 0.25) is 0 Å². The molecule has 0 saturated carbocycles. The Bertz CT molecular complexity index is 235. The van der Waals surface area contributed by atoms with Crippen LogP contribution in [0.15, 0.2) is 18.3 Å². The highest BCUT2D eigenvalue weighted by atomic mass is 16.1. The minimum absolute atomic E-state index is 0.314. The number of rotatable bonds is 2. The lowest BCUT2D eigenvalue weighted by Crippen LogP contribution is -2.02. The smallest absolute Gasteiger partial charge is 0.151 e. The number of hydrogen-bond donors (Lipinski definition) is 1. The van der Waals surface area contributed by atoms with Gasteiger partial charge in [0.05, 0.1) is 5.69 Å². The minimum Gasteiger partial charge on any atom is -0.325 e. The fraction of sp³-hybridized carbons (Fsp3) is 0.143. The molecule has 1 rings (SSSR count). The molecule has 0 aliphatic carbocycles. The molecule has 1 heterocycles. The largest absolute Gasteiger partial charge is 0.325 e. The van der Waals surface area contributed by atoms with Gasteiger partial charge in [0.25, 0.3) is 0 Å². The topological polar surface area (TPSA) is 56.0 Å². The molecule has 0 aliphatic heterocycles. The molecule has 0 unspecified atom stereocenters. The summed E-state index contributed by atoms with van der Waals surface area (Å²) in [6, 6.07) is 3.41. The van der Waals surface area contributed by atoms with Crippen molar-refractivity contribution in [3.05, 3.63) is 29.6 Å². The van der Waals surface area contributed by atoms with Gasteiger partial charge in [0, 0.05) is 18.3 Å². The Morgan fingerprint density at radius 3 is 3.00 bits per heavy atom. The van der Waals surface area contributed by atoms with Crippen LogP contribution in [0.25, 0.3) is 0 Å². The first-order chi connectivity index (χ1) is 4.88. The van der Waals surface area contributed by atoms with Crippen LogP contribution < -0.4 is 5.73 Å². The Balaban J connectivity index is 3.08. The monoisotopic (exact) mass is 136 g/mol. The summed E-state index contributed by atoms with van der Waals surface area (Å²) >= 11 is 0. The van der Waals surface area contributed by atoms with Crippen molar-refractivity contribution in [2.45, 2.75) is 6.54 Å². The third-order valence-electron chi connectivity index (χ3n) is 1.25. The summed E-state index contributed by atoms with van der Waals surface area (Å²) in [4.78, 5) is 14.2. The molecule has 52 valence electrons. The summed E-state index contributed by atoms with van der Waals surface area (Å²) in [5.74, 6) is 0. The van der Waals surface area contributed by atoms with E-state index in [1.54, 1.807) is 18.3 Å². The first-order valence-electron chi connectivity index (χ1n) is 2.97. The van der Waals surface area contributed by atoms with E-state index in [1.807, 2.05) is 0 Å². The third kappa shape index (κ3) is 1.19.